The molecule has 0 bridgehead atoms. The number of pyridine rings is 1. The highest BCUT2D eigenvalue weighted by Gasteiger charge is 2.13. The largest absolute Gasteiger partial charge is 0.337 e. The quantitative estimate of drug-likeness (QED) is 0.696. The number of fused-ring (bicyclic) bond motifs is 1. The van der Waals surface area contributed by atoms with Gasteiger partial charge in [0.05, 0.1) is 15.9 Å². The first-order chi connectivity index (χ1) is 9.04. The van der Waals surface area contributed by atoms with Gasteiger partial charge in [-0.05, 0) is 24.3 Å². The highest BCUT2D eigenvalue weighted by Crippen LogP contribution is 2.20. The second-order valence-electron chi connectivity index (χ2n) is 3.95. The van der Waals surface area contributed by atoms with Gasteiger partial charge in [0.1, 0.15) is 5.69 Å². The summed E-state index contributed by atoms with van der Waals surface area (Å²) in [5.74, 6) is 0.451. The van der Waals surface area contributed by atoms with Crippen molar-refractivity contribution >= 4 is 21.2 Å². The van der Waals surface area contributed by atoms with Gasteiger partial charge in [0, 0.05) is 6.20 Å². The Balaban J connectivity index is 2.16. The number of nitrogens with zero attached hydrogens (tertiary/aromatic N) is 2. The number of rotatable bonds is 2. The topological polar surface area (TPSA) is 95.9 Å². The molecule has 1 aromatic carbocycles. The van der Waals surface area contributed by atoms with Gasteiger partial charge in [-0.15, -0.1) is 0 Å². The molecule has 0 atom stereocenters. The molecule has 3 aromatic rings. The minimum atomic E-state index is -4.25. The van der Waals surface area contributed by atoms with Gasteiger partial charge in [-0.25, -0.2) is 4.98 Å². The van der Waals surface area contributed by atoms with E-state index in [-0.39, 0.29) is 4.90 Å². The second-order valence-corrected chi connectivity index (χ2v) is 5.38. The normalized spacial score (nSPS) is 11.8. The summed E-state index contributed by atoms with van der Waals surface area (Å²) in [7, 11) is -4.25. The van der Waals surface area contributed by atoms with E-state index in [2.05, 4.69) is 15.0 Å². The van der Waals surface area contributed by atoms with Crippen molar-refractivity contribution in [3.63, 3.8) is 0 Å². The van der Waals surface area contributed by atoms with Crippen LogP contribution in [0.3, 0.4) is 0 Å². The van der Waals surface area contributed by atoms with Crippen LogP contribution in [-0.2, 0) is 10.1 Å². The van der Waals surface area contributed by atoms with Gasteiger partial charge in [-0.1, -0.05) is 12.1 Å². The molecule has 2 heterocycles. The fourth-order valence-corrected chi connectivity index (χ4v) is 2.27. The molecule has 0 aliphatic rings. The predicted octanol–water partition coefficient (Wildman–Crippen LogP) is 1.87. The number of para-hydroxylation sites is 2. The fraction of sp³-hybridized carbons (Fsp3) is 0. The molecule has 0 fully saturated rings. The zero-order valence-corrected chi connectivity index (χ0v) is 10.4. The Labute approximate surface area is 108 Å². The van der Waals surface area contributed by atoms with Gasteiger partial charge in [0.25, 0.3) is 10.1 Å². The third-order valence-electron chi connectivity index (χ3n) is 2.66. The van der Waals surface area contributed by atoms with E-state index in [1.165, 1.54) is 18.3 Å². The molecular weight excluding hydrogens is 266 g/mol. The molecule has 0 amide bonds. The Morgan fingerprint density at radius 3 is 2.68 bits per heavy atom. The van der Waals surface area contributed by atoms with Crippen LogP contribution in [0.4, 0.5) is 0 Å². The Morgan fingerprint density at radius 1 is 1.16 bits per heavy atom. The maximum Gasteiger partial charge on any atom is 0.294 e. The number of hydrogen-bond acceptors (Lipinski definition) is 4. The van der Waals surface area contributed by atoms with E-state index >= 15 is 0 Å². The molecule has 0 aliphatic carbocycles. The summed E-state index contributed by atoms with van der Waals surface area (Å²) < 4.78 is 31.2. The predicted molar refractivity (Wildman–Crippen MR) is 69.1 cm³/mol. The smallest absolute Gasteiger partial charge is 0.294 e. The lowest BCUT2D eigenvalue weighted by molar-refractivity contribution is 0.483. The molecule has 6 nitrogen and oxygen atoms in total. The number of aromatic amines is 1. The number of hydrogen-bond donors (Lipinski definition) is 2. The molecule has 2 N–H and O–H groups in total. The van der Waals surface area contributed by atoms with Gasteiger partial charge in [0.2, 0.25) is 0 Å². The molecule has 0 radical (unpaired) electrons. The Hall–Kier alpha value is -2.25. The summed E-state index contributed by atoms with van der Waals surface area (Å²) >= 11 is 0. The van der Waals surface area contributed by atoms with Crippen LogP contribution in [0.1, 0.15) is 0 Å². The summed E-state index contributed by atoms with van der Waals surface area (Å²) in [5.41, 5.74) is 1.94. The van der Waals surface area contributed by atoms with Crippen molar-refractivity contribution < 1.29 is 13.0 Å². The minimum absolute atomic E-state index is 0.210. The molecule has 0 saturated heterocycles. The van der Waals surface area contributed by atoms with Crippen molar-refractivity contribution in [3.8, 4) is 11.5 Å². The first-order valence-electron chi connectivity index (χ1n) is 5.43. The molecule has 19 heavy (non-hydrogen) atoms. The van der Waals surface area contributed by atoms with E-state index in [1.54, 1.807) is 0 Å². The van der Waals surface area contributed by atoms with E-state index in [1.807, 2.05) is 24.3 Å². The third-order valence-corrected chi connectivity index (χ3v) is 3.51. The van der Waals surface area contributed by atoms with Crippen LogP contribution in [-0.4, -0.2) is 27.9 Å². The highest BCUT2D eigenvalue weighted by atomic mass is 32.2. The first kappa shape index (κ1) is 11.8. The number of aromatic nitrogens is 3. The molecule has 7 heteroatoms. The summed E-state index contributed by atoms with van der Waals surface area (Å²) in [6.07, 6.45) is 1.31. The molecule has 3 rings (SSSR count). The van der Waals surface area contributed by atoms with Gasteiger partial charge in [0.15, 0.2) is 5.82 Å². The molecular formula is C12H9N3O3S. The van der Waals surface area contributed by atoms with Crippen molar-refractivity contribution in [2.75, 3.05) is 0 Å². The van der Waals surface area contributed by atoms with E-state index in [0.29, 0.717) is 11.5 Å². The summed E-state index contributed by atoms with van der Waals surface area (Å²) in [4.78, 5) is 11.2. The van der Waals surface area contributed by atoms with Crippen LogP contribution in [0.25, 0.3) is 22.6 Å². The van der Waals surface area contributed by atoms with E-state index in [4.69, 9.17) is 4.55 Å². The molecule has 0 spiro atoms. The van der Waals surface area contributed by atoms with Gasteiger partial charge >= 0.3 is 0 Å². The van der Waals surface area contributed by atoms with Crippen LogP contribution in [0, 0.1) is 0 Å². The zero-order chi connectivity index (χ0) is 13.5. The number of imidazole rings is 1. The van der Waals surface area contributed by atoms with Crippen LogP contribution in [0.15, 0.2) is 47.5 Å². The molecule has 0 aliphatic heterocycles. The summed E-state index contributed by atoms with van der Waals surface area (Å²) in [6.45, 7) is 0. The lowest BCUT2D eigenvalue weighted by Gasteiger charge is -1.99. The van der Waals surface area contributed by atoms with Crippen LogP contribution in [0.5, 0.6) is 0 Å². The van der Waals surface area contributed by atoms with Crippen LogP contribution < -0.4 is 0 Å². The molecule has 0 saturated carbocycles. The minimum Gasteiger partial charge on any atom is -0.337 e. The van der Waals surface area contributed by atoms with Crippen LogP contribution >= 0.6 is 0 Å². The van der Waals surface area contributed by atoms with Gasteiger partial charge in [-0.3, -0.25) is 9.54 Å². The highest BCUT2D eigenvalue weighted by molar-refractivity contribution is 7.85. The SMILES string of the molecule is O=S(=O)(O)c1ccnc(-c2nc3ccccc3[nH]2)c1. The number of H-pyrrole nitrogens is 1. The Kier molecular flexibility index (Phi) is 2.58. The monoisotopic (exact) mass is 275 g/mol. The van der Waals surface area contributed by atoms with Crippen molar-refractivity contribution in [3.05, 3.63) is 42.6 Å². The van der Waals surface area contributed by atoms with Gasteiger partial charge < -0.3 is 4.98 Å². The lowest BCUT2D eigenvalue weighted by Crippen LogP contribution is -1.99. The molecule has 0 unspecified atom stereocenters. The first-order valence-corrected chi connectivity index (χ1v) is 6.87. The van der Waals surface area contributed by atoms with Crippen LogP contribution in [0.2, 0.25) is 0 Å². The third kappa shape index (κ3) is 2.20. The zero-order valence-electron chi connectivity index (χ0n) is 9.61. The second kappa shape index (κ2) is 4.15. The number of benzene rings is 1. The fourth-order valence-electron chi connectivity index (χ4n) is 1.78. The van der Waals surface area contributed by atoms with Crippen molar-refractivity contribution in [1.29, 1.82) is 0 Å². The number of nitrogens with one attached hydrogen (secondary N) is 1. The van der Waals surface area contributed by atoms with Crippen molar-refractivity contribution in [1.82, 2.24) is 15.0 Å². The molecule has 96 valence electrons. The average Bonchev–Trinajstić information content (AvgIpc) is 2.81. The summed E-state index contributed by atoms with van der Waals surface area (Å²) in [6, 6.07) is 9.91. The Bertz CT molecular complexity index is 822. The molecule has 2 aromatic heterocycles. The van der Waals surface area contributed by atoms with E-state index in [9.17, 15) is 8.42 Å². The Morgan fingerprint density at radius 2 is 1.95 bits per heavy atom. The van der Waals surface area contributed by atoms with Crippen molar-refractivity contribution in [2.45, 2.75) is 4.90 Å². The maximum absolute atomic E-state index is 11.1. The average molecular weight is 275 g/mol. The van der Waals surface area contributed by atoms with E-state index in [0.717, 1.165) is 11.0 Å². The van der Waals surface area contributed by atoms with Gasteiger partial charge in [-0.2, -0.15) is 8.42 Å². The maximum atomic E-state index is 11.1. The summed E-state index contributed by atoms with van der Waals surface area (Å²) in [5, 5.41) is 0. The van der Waals surface area contributed by atoms with E-state index < -0.39 is 10.1 Å². The van der Waals surface area contributed by atoms with Crippen molar-refractivity contribution in [2.24, 2.45) is 0 Å². The lowest BCUT2D eigenvalue weighted by atomic mass is 10.3. The standard InChI is InChI=1S/C12H9N3O3S/c16-19(17,18)8-5-6-13-11(7-8)12-14-9-3-1-2-4-10(9)15-12/h1-7H,(H,14,15)(H,16,17,18).